The number of nitrogens with zero attached hydrogens (tertiary/aromatic N) is 2. The number of nitrogens with one attached hydrogen (secondary N) is 1. The number of esters is 3. The molecule has 35 heavy (non-hydrogen) atoms. The number of carbonyl (C=O) groups excluding carboxylic acids is 4. The molecule has 182 valence electrons. The summed E-state index contributed by atoms with van der Waals surface area (Å²) in [7, 11) is 3.52. The molecule has 1 aromatic rings. The third-order valence-electron chi connectivity index (χ3n) is 6.34. The Morgan fingerprint density at radius 2 is 1.86 bits per heavy atom. The summed E-state index contributed by atoms with van der Waals surface area (Å²) in [5.41, 5.74) is -0.291. The monoisotopic (exact) mass is 481 g/mol. The molecule has 3 aliphatic rings. The van der Waals surface area contributed by atoms with Gasteiger partial charge in [-0.15, -0.1) is 12.3 Å². The molecule has 1 amide bonds. The van der Waals surface area contributed by atoms with Gasteiger partial charge in [-0.05, 0) is 18.1 Å². The van der Waals surface area contributed by atoms with Gasteiger partial charge < -0.3 is 24.3 Å². The Morgan fingerprint density at radius 1 is 1.14 bits per heavy atom. The fraction of sp³-hybridized carbons (Fsp3) is 0.375. The topological polar surface area (TPSA) is 133 Å². The number of rotatable bonds is 5. The highest BCUT2D eigenvalue weighted by Gasteiger charge is 2.66. The van der Waals surface area contributed by atoms with Gasteiger partial charge in [0.05, 0.1) is 38.4 Å². The molecule has 1 N–H and O–H groups in total. The lowest BCUT2D eigenvalue weighted by Gasteiger charge is -2.36. The van der Waals surface area contributed by atoms with Crippen LogP contribution in [0.4, 0.5) is 10.5 Å². The van der Waals surface area contributed by atoms with Crippen molar-refractivity contribution in [2.45, 2.75) is 30.3 Å². The van der Waals surface area contributed by atoms with E-state index in [9.17, 15) is 19.2 Å². The zero-order chi connectivity index (χ0) is 25.3. The van der Waals surface area contributed by atoms with Gasteiger partial charge >= 0.3 is 24.0 Å². The predicted molar refractivity (Wildman–Crippen MR) is 121 cm³/mol. The summed E-state index contributed by atoms with van der Waals surface area (Å²) in [5.74, 6) is -0.00837. The molecule has 1 saturated heterocycles. The molecule has 0 aliphatic carbocycles. The molecule has 0 aromatic heterocycles. The lowest BCUT2D eigenvalue weighted by atomic mass is 9.70. The van der Waals surface area contributed by atoms with E-state index in [0.717, 1.165) is 12.0 Å². The van der Waals surface area contributed by atoms with Crippen LogP contribution in [-0.4, -0.2) is 74.8 Å². The van der Waals surface area contributed by atoms with Crippen LogP contribution >= 0.6 is 0 Å². The molecule has 0 radical (unpaired) electrons. The molecule has 1 aromatic carbocycles. The van der Waals surface area contributed by atoms with E-state index in [1.165, 1.54) is 14.2 Å². The van der Waals surface area contributed by atoms with Crippen molar-refractivity contribution >= 4 is 35.5 Å². The van der Waals surface area contributed by atoms with Gasteiger partial charge in [0.2, 0.25) is 0 Å². The Labute approximate surface area is 201 Å². The van der Waals surface area contributed by atoms with Gasteiger partial charge in [-0.2, -0.15) is 0 Å². The summed E-state index contributed by atoms with van der Waals surface area (Å²) >= 11 is 0. The Morgan fingerprint density at radius 3 is 2.51 bits per heavy atom. The first-order valence-electron chi connectivity index (χ1n) is 10.7. The molecule has 2 unspecified atom stereocenters. The molecule has 11 heteroatoms. The average Bonchev–Trinajstić information content (AvgIpc) is 3.40. The number of fused-ring (bicyclic) bond motifs is 1. The van der Waals surface area contributed by atoms with Gasteiger partial charge in [-0.1, -0.05) is 18.2 Å². The molecule has 1 fully saturated rings. The summed E-state index contributed by atoms with van der Waals surface area (Å²) in [4.78, 5) is 57.3. The van der Waals surface area contributed by atoms with E-state index < -0.39 is 41.5 Å². The highest BCUT2D eigenvalue weighted by molar-refractivity contribution is 6.16. The number of hydrogen-bond donors (Lipinski definition) is 1. The SMILES string of the molecule is C#CCCOC(=O)N1C2=NC(C(=O)OC)=C(C(=O)OC)C3Nc4ccccc4[C@]23CC1C(=O)OC. The van der Waals surface area contributed by atoms with Crippen LogP contribution < -0.4 is 5.32 Å². The first-order valence-corrected chi connectivity index (χ1v) is 10.7. The number of aliphatic imine (C=N–C) groups is 1. The minimum absolute atomic E-state index is 0.00632. The number of methoxy groups -OCH3 is 3. The van der Waals surface area contributed by atoms with Crippen LogP contribution in [0, 0.1) is 12.3 Å². The van der Waals surface area contributed by atoms with Crippen molar-refractivity contribution in [3.05, 3.63) is 41.1 Å². The number of anilines is 1. The van der Waals surface area contributed by atoms with Crippen molar-refractivity contribution in [3.8, 4) is 12.3 Å². The third kappa shape index (κ3) is 3.49. The molecule has 3 aliphatic heterocycles. The molecule has 3 heterocycles. The highest BCUT2D eigenvalue weighted by atomic mass is 16.6. The zero-order valence-corrected chi connectivity index (χ0v) is 19.3. The lowest BCUT2D eigenvalue weighted by molar-refractivity contribution is -0.144. The van der Waals surface area contributed by atoms with Gasteiger partial charge in [0.25, 0.3) is 0 Å². The Balaban J connectivity index is 1.98. The summed E-state index contributed by atoms with van der Waals surface area (Å²) in [6.45, 7) is -0.0919. The first kappa shape index (κ1) is 23.8. The number of carbonyl (C=O) groups is 4. The maximum Gasteiger partial charge on any atom is 0.416 e. The minimum atomic E-state index is -1.19. The molecule has 3 atom stereocenters. The maximum absolute atomic E-state index is 13.2. The fourth-order valence-corrected chi connectivity index (χ4v) is 4.92. The second-order valence-corrected chi connectivity index (χ2v) is 7.96. The van der Waals surface area contributed by atoms with Crippen molar-refractivity contribution < 1.29 is 38.1 Å². The number of hydrogen-bond acceptors (Lipinski definition) is 10. The number of ether oxygens (including phenoxy) is 4. The van der Waals surface area contributed by atoms with Crippen molar-refractivity contribution in [2.75, 3.05) is 33.3 Å². The van der Waals surface area contributed by atoms with Crippen LogP contribution in [0.25, 0.3) is 0 Å². The molecular weight excluding hydrogens is 458 g/mol. The summed E-state index contributed by atoms with van der Waals surface area (Å²) in [6, 6.07) is 5.12. The quantitative estimate of drug-likeness (QED) is 0.284. The van der Waals surface area contributed by atoms with E-state index in [4.69, 9.17) is 25.4 Å². The van der Waals surface area contributed by atoms with Crippen LogP contribution in [0.3, 0.4) is 0 Å². The van der Waals surface area contributed by atoms with Gasteiger partial charge in [0.1, 0.15) is 18.5 Å². The molecular formula is C24H23N3O8. The molecule has 1 spiro atoms. The van der Waals surface area contributed by atoms with E-state index >= 15 is 0 Å². The van der Waals surface area contributed by atoms with E-state index in [1.807, 2.05) is 0 Å². The van der Waals surface area contributed by atoms with Crippen LogP contribution in [0.5, 0.6) is 0 Å². The van der Waals surface area contributed by atoms with Crippen molar-refractivity contribution in [3.63, 3.8) is 0 Å². The standard InChI is InChI=1S/C24H23N3O8/c1-5-6-11-35-23(31)27-15(19(28)32-2)12-24-13-9-7-8-10-14(13)25-18(24)16(20(29)33-3)17(21(30)34-4)26-22(24)27/h1,7-10,15,18,25H,6,11-12H2,2-4H3/t15?,18?,24-/m0/s1. The number of terminal acetylenes is 1. The van der Waals surface area contributed by atoms with E-state index in [1.54, 1.807) is 24.3 Å². The average molecular weight is 481 g/mol. The van der Waals surface area contributed by atoms with Gasteiger partial charge in [0, 0.05) is 12.1 Å². The van der Waals surface area contributed by atoms with Crippen molar-refractivity contribution in [2.24, 2.45) is 4.99 Å². The molecule has 11 nitrogen and oxygen atoms in total. The number of para-hydroxylation sites is 1. The Bertz CT molecular complexity index is 1210. The molecule has 0 saturated carbocycles. The van der Waals surface area contributed by atoms with Gasteiger partial charge in [-0.3, -0.25) is 0 Å². The lowest BCUT2D eigenvalue weighted by Crippen LogP contribution is -2.53. The van der Waals surface area contributed by atoms with Crippen LogP contribution in [0.15, 0.2) is 40.5 Å². The van der Waals surface area contributed by atoms with Crippen LogP contribution in [0.1, 0.15) is 18.4 Å². The summed E-state index contributed by atoms with van der Waals surface area (Å²) in [6.07, 6.45) is 4.53. The second-order valence-electron chi connectivity index (χ2n) is 7.96. The summed E-state index contributed by atoms with van der Waals surface area (Å²) in [5, 5.41) is 3.26. The minimum Gasteiger partial charge on any atom is -0.467 e. The van der Waals surface area contributed by atoms with E-state index in [0.29, 0.717) is 11.3 Å². The highest BCUT2D eigenvalue weighted by Crippen LogP contribution is 2.55. The molecule has 0 bridgehead atoms. The van der Waals surface area contributed by atoms with Gasteiger partial charge in [0.15, 0.2) is 5.70 Å². The molecule has 4 rings (SSSR count). The van der Waals surface area contributed by atoms with Gasteiger partial charge in [-0.25, -0.2) is 29.1 Å². The second kappa shape index (κ2) is 9.13. The Hall–Kier alpha value is -4.33. The number of amidine groups is 1. The number of benzene rings is 1. The largest absolute Gasteiger partial charge is 0.467 e. The third-order valence-corrected chi connectivity index (χ3v) is 6.34. The smallest absolute Gasteiger partial charge is 0.416 e. The predicted octanol–water partition coefficient (Wildman–Crippen LogP) is 1.14. The first-order chi connectivity index (χ1) is 16.8. The van der Waals surface area contributed by atoms with Crippen molar-refractivity contribution in [1.29, 1.82) is 0 Å². The zero-order valence-electron chi connectivity index (χ0n) is 19.3. The number of likely N-dealkylation sites (tertiary alicyclic amines) is 1. The normalized spacial score (nSPS) is 23.6. The number of amides is 1. The maximum atomic E-state index is 13.2. The van der Waals surface area contributed by atoms with E-state index in [-0.39, 0.29) is 36.6 Å². The summed E-state index contributed by atoms with van der Waals surface area (Å²) < 4.78 is 20.1. The van der Waals surface area contributed by atoms with Crippen molar-refractivity contribution in [1.82, 2.24) is 4.90 Å². The fourth-order valence-electron chi connectivity index (χ4n) is 4.92. The van der Waals surface area contributed by atoms with Crippen LogP contribution in [0.2, 0.25) is 0 Å². The Kier molecular flexibility index (Phi) is 6.22. The van der Waals surface area contributed by atoms with E-state index in [2.05, 4.69) is 16.2 Å². The van der Waals surface area contributed by atoms with Crippen LogP contribution in [-0.2, 0) is 38.7 Å².